The van der Waals surface area contributed by atoms with Crippen LogP contribution in [0.4, 0.5) is 18.9 Å². The molecule has 1 N–H and O–H groups in total. The van der Waals surface area contributed by atoms with E-state index < -0.39 is 6.36 Å². The normalized spacial score (nSPS) is 11.1. The predicted molar refractivity (Wildman–Crippen MR) is 112 cm³/mol. The summed E-state index contributed by atoms with van der Waals surface area (Å²) in [6, 6.07) is 12.2. The van der Waals surface area contributed by atoms with Crippen LogP contribution < -0.4 is 10.1 Å². The highest BCUT2D eigenvalue weighted by Gasteiger charge is 2.30. The largest absolute Gasteiger partial charge is 0.573 e. The number of anilines is 1. The fourth-order valence-corrected chi connectivity index (χ4v) is 3.42. The van der Waals surface area contributed by atoms with Crippen LogP contribution in [0.1, 0.15) is 29.8 Å². The van der Waals surface area contributed by atoms with E-state index in [1.165, 1.54) is 36.0 Å². The summed E-state index contributed by atoms with van der Waals surface area (Å²) in [4.78, 5) is 26.1. The number of ether oxygens (including phenoxy) is 1. The monoisotopic (exact) mass is 440 g/mol. The van der Waals surface area contributed by atoms with Gasteiger partial charge in [-0.05, 0) is 55.8 Å². The Bertz CT molecular complexity index is 836. The maximum Gasteiger partial charge on any atom is 0.573 e. The molecule has 162 valence electrons. The zero-order valence-corrected chi connectivity index (χ0v) is 17.5. The minimum Gasteiger partial charge on any atom is -0.406 e. The van der Waals surface area contributed by atoms with E-state index in [4.69, 9.17) is 0 Å². The Labute approximate surface area is 177 Å². The first kappa shape index (κ1) is 23.6. The molecule has 0 aromatic heterocycles. The summed E-state index contributed by atoms with van der Waals surface area (Å²) < 4.78 is 40.3. The molecule has 0 bridgehead atoms. The molecule has 0 unspecified atom stereocenters. The van der Waals surface area contributed by atoms with Crippen molar-refractivity contribution in [3.8, 4) is 5.75 Å². The maximum absolute atomic E-state index is 12.3. The molecule has 0 aliphatic carbocycles. The van der Waals surface area contributed by atoms with Gasteiger partial charge in [0.1, 0.15) is 5.75 Å². The Kier molecular flexibility index (Phi) is 8.58. The fourth-order valence-electron chi connectivity index (χ4n) is 2.64. The van der Waals surface area contributed by atoms with Gasteiger partial charge in [-0.25, -0.2) is 0 Å². The van der Waals surface area contributed by atoms with Gasteiger partial charge in [-0.1, -0.05) is 12.1 Å². The lowest BCUT2D eigenvalue weighted by Crippen LogP contribution is -2.30. The second-order valence-electron chi connectivity index (χ2n) is 6.29. The first-order chi connectivity index (χ1) is 14.2. The average molecular weight is 440 g/mol. The molecule has 0 aliphatic heterocycles. The van der Waals surface area contributed by atoms with Crippen molar-refractivity contribution in [1.29, 1.82) is 0 Å². The van der Waals surface area contributed by atoms with E-state index in [0.29, 0.717) is 30.1 Å². The first-order valence-corrected chi connectivity index (χ1v) is 10.5. The highest BCUT2D eigenvalue weighted by Crippen LogP contribution is 2.24. The number of hydrogen-bond acceptors (Lipinski definition) is 4. The van der Waals surface area contributed by atoms with Crippen LogP contribution in [0.15, 0.2) is 48.5 Å². The van der Waals surface area contributed by atoms with Crippen molar-refractivity contribution in [2.24, 2.45) is 0 Å². The van der Waals surface area contributed by atoms with Crippen molar-refractivity contribution in [1.82, 2.24) is 4.90 Å². The molecule has 0 fully saturated rings. The van der Waals surface area contributed by atoms with Crippen molar-refractivity contribution in [3.63, 3.8) is 0 Å². The van der Waals surface area contributed by atoms with Crippen molar-refractivity contribution in [2.75, 3.05) is 24.2 Å². The Hall–Kier alpha value is -2.68. The summed E-state index contributed by atoms with van der Waals surface area (Å²) in [5.74, 6) is 0.106. The van der Waals surface area contributed by atoms with Crippen LogP contribution in [-0.2, 0) is 10.5 Å². The number of amides is 2. The van der Waals surface area contributed by atoms with Crippen LogP contribution in [0.25, 0.3) is 0 Å². The minimum absolute atomic E-state index is 0.0555. The molecule has 9 heteroatoms. The summed E-state index contributed by atoms with van der Waals surface area (Å²) in [5, 5.41) is 2.76. The lowest BCUT2D eigenvalue weighted by Gasteiger charge is -2.18. The van der Waals surface area contributed by atoms with Crippen molar-refractivity contribution in [2.45, 2.75) is 26.0 Å². The number of carbonyl (C=O) groups is 2. The summed E-state index contributed by atoms with van der Waals surface area (Å²) >= 11 is 1.33. The molecular weight excluding hydrogens is 417 g/mol. The Morgan fingerprint density at radius 3 is 2.13 bits per heavy atom. The van der Waals surface area contributed by atoms with E-state index in [2.05, 4.69) is 10.1 Å². The number of halogens is 3. The van der Waals surface area contributed by atoms with Gasteiger partial charge < -0.3 is 15.0 Å². The summed E-state index contributed by atoms with van der Waals surface area (Å²) in [6.45, 7) is 5.09. The molecule has 2 aromatic rings. The van der Waals surface area contributed by atoms with Crippen molar-refractivity contribution >= 4 is 29.3 Å². The van der Waals surface area contributed by atoms with E-state index in [9.17, 15) is 22.8 Å². The molecule has 2 rings (SSSR count). The zero-order chi connectivity index (χ0) is 22.1. The molecule has 5 nitrogen and oxygen atoms in total. The Balaban J connectivity index is 1.79. The quantitative estimate of drug-likeness (QED) is 0.600. The SMILES string of the molecule is CCN(CC)C(=O)c1ccc(NC(=O)CSCc2ccc(OC(F)(F)F)cc2)cc1. The van der Waals surface area contributed by atoms with E-state index in [1.807, 2.05) is 13.8 Å². The predicted octanol–water partition coefficient (Wildman–Crippen LogP) is 4.94. The minimum atomic E-state index is -4.72. The summed E-state index contributed by atoms with van der Waals surface area (Å²) in [5.41, 5.74) is 1.93. The number of nitrogens with one attached hydrogen (secondary N) is 1. The summed E-state index contributed by atoms with van der Waals surface area (Å²) in [6.07, 6.45) is -4.72. The standard InChI is InChI=1S/C21H23F3N2O3S/c1-3-26(4-2)20(28)16-7-9-17(10-8-16)25-19(27)14-30-13-15-5-11-18(12-6-15)29-21(22,23)24/h5-12H,3-4,13-14H2,1-2H3,(H,25,27). The third-order valence-electron chi connectivity index (χ3n) is 4.13. The second-order valence-corrected chi connectivity index (χ2v) is 7.27. The van der Waals surface area contributed by atoms with Gasteiger partial charge in [0.05, 0.1) is 5.75 Å². The third kappa shape index (κ3) is 7.62. The summed E-state index contributed by atoms with van der Waals surface area (Å²) in [7, 11) is 0. The number of nitrogens with zero attached hydrogens (tertiary/aromatic N) is 1. The molecular formula is C21H23F3N2O3S. The van der Waals surface area contributed by atoms with Gasteiger partial charge in [-0.15, -0.1) is 24.9 Å². The van der Waals surface area contributed by atoms with Crippen LogP contribution in [0.5, 0.6) is 5.75 Å². The van der Waals surface area contributed by atoms with Gasteiger partial charge in [0.25, 0.3) is 5.91 Å². The molecule has 2 amide bonds. The topological polar surface area (TPSA) is 58.6 Å². The van der Waals surface area contributed by atoms with E-state index >= 15 is 0 Å². The maximum atomic E-state index is 12.3. The number of thioether (sulfide) groups is 1. The molecule has 0 heterocycles. The van der Waals surface area contributed by atoms with Crippen molar-refractivity contribution in [3.05, 3.63) is 59.7 Å². The van der Waals surface area contributed by atoms with Gasteiger partial charge in [0.15, 0.2) is 0 Å². The molecule has 0 atom stereocenters. The molecule has 0 aliphatic rings. The molecule has 0 spiro atoms. The van der Waals surface area contributed by atoms with Crippen LogP contribution in [-0.4, -0.2) is 41.9 Å². The van der Waals surface area contributed by atoms with Gasteiger partial charge in [0.2, 0.25) is 5.91 Å². The van der Waals surface area contributed by atoms with Crippen molar-refractivity contribution < 1.29 is 27.5 Å². The second kappa shape index (κ2) is 10.9. The third-order valence-corrected chi connectivity index (χ3v) is 5.13. The van der Waals surface area contributed by atoms with Gasteiger partial charge in [-0.3, -0.25) is 9.59 Å². The van der Waals surface area contributed by atoms with Crippen LogP contribution in [0.3, 0.4) is 0 Å². The molecule has 0 saturated carbocycles. The highest BCUT2D eigenvalue weighted by molar-refractivity contribution is 7.99. The highest BCUT2D eigenvalue weighted by atomic mass is 32.2. The lowest BCUT2D eigenvalue weighted by molar-refractivity contribution is -0.274. The fraction of sp³-hybridized carbons (Fsp3) is 0.333. The number of alkyl halides is 3. The number of rotatable bonds is 9. The number of hydrogen-bond donors (Lipinski definition) is 1. The van der Waals surface area contributed by atoms with E-state index in [0.717, 1.165) is 5.56 Å². The number of benzene rings is 2. The average Bonchev–Trinajstić information content (AvgIpc) is 2.69. The number of carbonyl (C=O) groups excluding carboxylic acids is 2. The van der Waals surface area contributed by atoms with E-state index in [1.54, 1.807) is 29.2 Å². The van der Waals surface area contributed by atoms with Gasteiger partial charge >= 0.3 is 6.36 Å². The zero-order valence-electron chi connectivity index (χ0n) is 16.7. The van der Waals surface area contributed by atoms with Gasteiger partial charge in [0, 0.05) is 30.1 Å². The lowest BCUT2D eigenvalue weighted by atomic mass is 10.2. The van der Waals surface area contributed by atoms with Gasteiger partial charge in [-0.2, -0.15) is 0 Å². The van der Waals surface area contributed by atoms with Crippen LogP contribution in [0, 0.1) is 0 Å². The first-order valence-electron chi connectivity index (χ1n) is 9.33. The van der Waals surface area contributed by atoms with Crippen LogP contribution in [0.2, 0.25) is 0 Å². The van der Waals surface area contributed by atoms with Crippen LogP contribution >= 0.6 is 11.8 Å². The molecule has 0 saturated heterocycles. The Morgan fingerprint density at radius 1 is 1.00 bits per heavy atom. The van der Waals surface area contributed by atoms with E-state index in [-0.39, 0.29) is 23.3 Å². The molecule has 30 heavy (non-hydrogen) atoms. The Morgan fingerprint density at radius 2 is 1.60 bits per heavy atom. The molecule has 0 radical (unpaired) electrons. The smallest absolute Gasteiger partial charge is 0.406 e. The molecule has 2 aromatic carbocycles.